The number of thiophene rings is 1. The molecule has 1 saturated heterocycles. The summed E-state index contributed by atoms with van der Waals surface area (Å²) in [6.45, 7) is 2.99. The molecule has 5 rings (SSSR count). The van der Waals surface area contributed by atoms with E-state index in [4.69, 9.17) is 20.9 Å². The van der Waals surface area contributed by atoms with E-state index in [1.807, 2.05) is 0 Å². The number of piperidine rings is 1. The van der Waals surface area contributed by atoms with E-state index in [9.17, 15) is 0 Å². The van der Waals surface area contributed by atoms with Gasteiger partial charge in [0.05, 0.1) is 22.7 Å². The maximum atomic E-state index is 6.38. The molecule has 1 aliphatic carbocycles. The molecule has 1 spiro atoms. The van der Waals surface area contributed by atoms with Crippen molar-refractivity contribution in [3.8, 4) is 0 Å². The van der Waals surface area contributed by atoms with E-state index in [-0.39, 0.29) is 11.6 Å². The Morgan fingerprint density at radius 3 is 3.04 bits per heavy atom. The van der Waals surface area contributed by atoms with Gasteiger partial charge in [-0.1, -0.05) is 16.8 Å². The van der Waals surface area contributed by atoms with Crippen LogP contribution in [0.25, 0.3) is 0 Å². The third-order valence-electron chi connectivity index (χ3n) is 5.48. The highest BCUT2D eigenvalue weighted by Gasteiger charge is 2.47. The van der Waals surface area contributed by atoms with Crippen LogP contribution in [-0.2, 0) is 16.8 Å². The third kappa shape index (κ3) is 2.53. The van der Waals surface area contributed by atoms with E-state index in [1.165, 1.54) is 23.3 Å². The molecule has 4 nitrogen and oxygen atoms in total. The molecule has 1 N–H and O–H groups in total. The van der Waals surface area contributed by atoms with Crippen LogP contribution in [0.5, 0.6) is 0 Å². The lowest BCUT2D eigenvalue weighted by Crippen LogP contribution is -2.49. The summed E-state index contributed by atoms with van der Waals surface area (Å²) >= 11 is 7.99. The Kier molecular flexibility index (Phi) is 3.56. The fraction of sp³-hybridized carbons (Fsp3) is 0.611. The van der Waals surface area contributed by atoms with E-state index in [1.54, 1.807) is 11.3 Å². The smallest absolute Gasteiger partial charge is 0.154 e. The van der Waals surface area contributed by atoms with Crippen molar-refractivity contribution in [3.05, 3.63) is 38.4 Å². The molecule has 3 atom stereocenters. The van der Waals surface area contributed by atoms with Gasteiger partial charge in [-0.25, -0.2) is 0 Å². The summed E-state index contributed by atoms with van der Waals surface area (Å²) < 4.78 is 12.9. The van der Waals surface area contributed by atoms with Gasteiger partial charge in [-0.3, -0.25) is 0 Å². The fourth-order valence-electron chi connectivity index (χ4n) is 4.28. The summed E-state index contributed by atoms with van der Waals surface area (Å²) in [5.41, 5.74) is 2.23. The van der Waals surface area contributed by atoms with Gasteiger partial charge in [0.15, 0.2) is 5.76 Å². The normalized spacial score (nSPS) is 32.9. The molecule has 0 bridgehead atoms. The van der Waals surface area contributed by atoms with Crippen molar-refractivity contribution in [2.45, 2.75) is 62.6 Å². The number of nitrogens with zero attached hydrogens (tertiary/aromatic N) is 1. The zero-order valence-corrected chi connectivity index (χ0v) is 15.3. The molecule has 24 heavy (non-hydrogen) atoms. The lowest BCUT2D eigenvalue weighted by molar-refractivity contribution is -0.0973. The Balaban J connectivity index is 1.49. The highest BCUT2D eigenvalue weighted by molar-refractivity contribution is 7.16. The number of fused-ring (bicyclic) bond motifs is 2. The summed E-state index contributed by atoms with van der Waals surface area (Å²) in [6, 6.07) is 4.75. The fourth-order valence-corrected chi connectivity index (χ4v) is 5.75. The maximum absolute atomic E-state index is 6.38. The average molecular weight is 365 g/mol. The molecule has 6 heteroatoms. The van der Waals surface area contributed by atoms with E-state index in [0.717, 1.165) is 41.7 Å². The zero-order valence-electron chi connectivity index (χ0n) is 13.7. The molecule has 0 amide bonds. The molecule has 128 valence electrons. The van der Waals surface area contributed by atoms with Crippen molar-refractivity contribution in [2.75, 3.05) is 6.61 Å². The Morgan fingerprint density at radius 2 is 2.21 bits per heavy atom. The first-order valence-electron chi connectivity index (χ1n) is 8.78. The second-order valence-electron chi connectivity index (χ2n) is 7.45. The molecule has 1 saturated carbocycles. The molecule has 0 unspecified atom stereocenters. The summed E-state index contributed by atoms with van der Waals surface area (Å²) in [6.07, 6.45) is 5.29. The third-order valence-corrected chi connectivity index (χ3v) is 6.98. The van der Waals surface area contributed by atoms with Crippen LogP contribution >= 0.6 is 22.9 Å². The Labute approximate surface area is 150 Å². The van der Waals surface area contributed by atoms with Gasteiger partial charge in [0, 0.05) is 29.3 Å². The van der Waals surface area contributed by atoms with Crippen molar-refractivity contribution in [3.63, 3.8) is 0 Å². The van der Waals surface area contributed by atoms with E-state index < -0.39 is 0 Å². The molecule has 2 aliphatic heterocycles. The molecule has 2 aromatic rings. The predicted octanol–water partition coefficient (Wildman–Crippen LogP) is 4.55. The Bertz CT molecular complexity index is 769. The number of aromatic nitrogens is 1. The van der Waals surface area contributed by atoms with Crippen LogP contribution in [-0.4, -0.2) is 17.8 Å². The first-order valence-corrected chi connectivity index (χ1v) is 9.98. The van der Waals surface area contributed by atoms with E-state index in [2.05, 4.69) is 29.5 Å². The van der Waals surface area contributed by atoms with Crippen molar-refractivity contribution in [1.29, 1.82) is 0 Å². The molecular formula is C18H21ClN2O2S. The first-order chi connectivity index (χ1) is 11.6. The topological polar surface area (TPSA) is 47.3 Å². The van der Waals surface area contributed by atoms with Crippen LogP contribution in [0.15, 0.2) is 16.7 Å². The van der Waals surface area contributed by atoms with Crippen LogP contribution in [0.1, 0.15) is 66.5 Å². The van der Waals surface area contributed by atoms with Crippen LogP contribution in [0.2, 0.25) is 4.34 Å². The molecule has 0 aromatic carbocycles. The summed E-state index contributed by atoms with van der Waals surface area (Å²) in [7, 11) is 0. The second-order valence-corrected chi connectivity index (χ2v) is 9.14. The quantitative estimate of drug-likeness (QED) is 0.849. The molecular weight excluding hydrogens is 344 g/mol. The van der Waals surface area contributed by atoms with Gasteiger partial charge >= 0.3 is 0 Å². The average Bonchev–Trinajstić information content (AvgIpc) is 3.13. The summed E-state index contributed by atoms with van der Waals surface area (Å²) in [5, 5.41) is 7.96. The van der Waals surface area contributed by atoms with Crippen LogP contribution < -0.4 is 5.32 Å². The minimum Gasteiger partial charge on any atom is -0.369 e. The monoisotopic (exact) mass is 364 g/mol. The standard InChI is InChI=1S/C18H21ClN2O2S/c1-10-8-18(17-12(4-5-22-18)6-16(19)24-17)9-14(20-10)15-7-13(21-23-15)11-2-3-11/h6-7,10-11,14,20H,2-5,8-9H2,1H3/t10-,14-,18-/m0/s1. The minimum atomic E-state index is -0.243. The van der Waals surface area contributed by atoms with Gasteiger partial charge in [0.25, 0.3) is 0 Å². The van der Waals surface area contributed by atoms with E-state index >= 15 is 0 Å². The number of hydrogen-bond donors (Lipinski definition) is 1. The van der Waals surface area contributed by atoms with Gasteiger partial charge in [0.2, 0.25) is 0 Å². The van der Waals surface area contributed by atoms with Crippen LogP contribution in [0, 0.1) is 0 Å². The maximum Gasteiger partial charge on any atom is 0.154 e. The van der Waals surface area contributed by atoms with Crippen LogP contribution in [0.3, 0.4) is 0 Å². The van der Waals surface area contributed by atoms with E-state index in [0.29, 0.717) is 12.0 Å². The minimum absolute atomic E-state index is 0.139. The van der Waals surface area contributed by atoms with Crippen LogP contribution in [0.4, 0.5) is 0 Å². The van der Waals surface area contributed by atoms with Gasteiger partial charge in [0.1, 0.15) is 5.60 Å². The number of rotatable bonds is 2. The predicted molar refractivity (Wildman–Crippen MR) is 93.7 cm³/mol. The molecule has 2 aromatic heterocycles. The van der Waals surface area contributed by atoms with Crippen molar-refractivity contribution in [2.24, 2.45) is 0 Å². The number of halogens is 1. The molecule has 3 aliphatic rings. The van der Waals surface area contributed by atoms with Gasteiger partial charge < -0.3 is 14.6 Å². The zero-order chi connectivity index (χ0) is 16.3. The Hall–Kier alpha value is -0.880. The summed E-state index contributed by atoms with van der Waals surface area (Å²) in [5.74, 6) is 1.56. The Morgan fingerprint density at radius 1 is 1.33 bits per heavy atom. The van der Waals surface area contributed by atoms with Crippen molar-refractivity contribution >= 4 is 22.9 Å². The highest BCUT2D eigenvalue weighted by atomic mass is 35.5. The lowest BCUT2D eigenvalue weighted by atomic mass is 9.79. The summed E-state index contributed by atoms with van der Waals surface area (Å²) in [4.78, 5) is 1.32. The SMILES string of the molecule is C[C@H]1C[C@@]2(C[C@@H](c3cc(C4CC4)no3)N1)OCCc1cc(Cl)sc12. The first kappa shape index (κ1) is 15.4. The van der Waals surface area contributed by atoms with Gasteiger partial charge in [-0.15, -0.1) is 11.3 Å². The van der Waals surface area contributed by atoms with Gasteiger partial charge in [-0.05, 0) is 44.2 Å². The highest BCUT2D eigenvalue weighted by Crippen LogP contribution is 2.50. The van der Waals surface area contributed by atoms with Gasteiger partial charge in [-0.2, -0.15) is 0 Å². The lowest BCUT2D eigenvalue weighted by Gasteiger charge is -2.45. The largest absolute Gasteiger partial charge is 0.369 e. The number of ether oxygens (including phenoxy) is 1. The second kappa shape index (κ2) is 5.56. The van der Waals surface area contributed by atoms with Crippen molar-refractivity contribution < 1.29 is 9.26 Å². The number of nitrogens with one attached hydrogen (secondary N) is 1. The molecule has 2 fully saturated rings. The molecule has 0 radical (unpaired) electrons. The number of hydrogen-bond acceptors (Lipinski definition) is 5. The molecule has 4 heterocycles. The van der Waals surface area contributed by atoms with Crippen molar-refractivity contribution in [1.82, 2.24) is 10.5 Å².